The van der Waals surface area contributed by atoms with Gasteiger partial charge < -0.3 is 5.73 Å². The second-order valence-corrected chi connectivity index (χ2v) is 6.86. The van der Waals surface area contributed by atoms with Crippen LogP contribution in [0.15, 0.2) is 47.8 Å². The van der Waals surface area contributed by atoms with Gasteiger partial charge in [0.15, 0.2) is 0 Å². The van der Waals surface area contributed by atoms with E-state index in [9.17, 15) is 0 Å². The third kappa shape index (κ3) is 3.69. The molecule has 0 aliphatic carbocycles. The molecule has 1 fully saturated rings. The molecule has 3 heteroatoms. The minimum Gasteiger partial charge on any atom is -0.327 e. The summed E-state index contributed by atoms with van der Waals surface area (Å²) in [7, 11) is 0. The van der Waals surface area contributed by atoms with E-state index in [1.165, 1.54) is 23.4 Å². The highest BCUT2D eigenvalue weighted by Gasteiger charge is 2.25. The fraction of sp³-hybridized carbons (Fsp3) is 0.412. The first-order valence-electron chi connectivity index (χ1n) is 7.34. The van der Waals surface area contributed by atoms with Crippen molar-refractivity contribution in [3.05, 3.63) is 58.3 Å². The van der Waals surface area contributed by atoms with Crippen molar-refractivity contribution in [1.82, 2.24) is 4.90 Å². The molecular formula is C17H22N2S. The van der Waals surface area contributed by atoms with Crippen LogP contribution in [0.4, 0.5) is 0 Å². The van der Waals surface area contributed by atoms with E-state index in [1.807, 2.05) is 11.3 Å². The minimum absolute atomic E-state index is 0.317. The summed E-state index contributed by atoms with van der Waals surface area (Å²) < 4.78 is 0. The maximum absolute atomic E-state index is 6.26. The van der Waals surface area contributed by atoms with Crippen LogP contribution in [0.5, 0.6) is 0 Å². The van der Waals surface area contributed by atoms with Crippen LogP contribution in [-0.2, 0) is 13.0 Å². The number of nitrogens with two attached hydrogens (primary N) is 1. The first-order chi connectivity index (χ1) is 9.79. The lowest BCUT2D eigenvalue weighted by molar-refractivity contribution is 0.150. The first-order valence-corrected chi connectivity index (χ1v) is 8.22. The molecule has 3 rings (SSSR count). The molecule has 20 heavy (non-hydrogen) atoms. The fourth-order valence-electron chi connectivity index (χ4n) is 3.18. The standard InChI is InChI=1S/C17H22N2S/c18-16-9-15(10-17-7-4-8-20-17)12-19(13-16)11-14-5-2-1-3-6-14/h1-8,15-16H,9-13,18H2. The maximum Gasteiger partial charge on any atom is 0.0234 e. The Hall–Kier alpha value is -1.16. The van der Waals surface area contributed by atoms with E-state index < -0.39 is 0 Å². The highest BCUT2D eigenvalue weighted by atomic mass is 32.1. The molecule has 2 aromatic rings. The summed E-state index contributed by atoms with van der Waals surface area (Å²) in [5.41, 5.74) is 7.65. The highest BCUT2D eigenvalue weighted by Crippen LogP contribution is 2.23. The van der Waals surface area contributed by atoms with Crippen molar-refractivity contribution >= 4 is 11.3 Å². The van der Waals surface area contributed by atoms with Gasteiger partial charge in [-0.2, -0.15) is 0 Å². The molecule has 1 aromatic heterocycles. The Morgan fingerprint density at radius 1 is 1.10 bits per heavy atom. The van der Waals surface area contributed by atoms with Crippen LogP contribution in [-0.4, -0.2) is 24.0 Å². The van der Waals surface area contributed by atoms with Crippen molar-refractivity contribution in [3.63, 3.8) is 0 Å². The first kappa shape index (κ1) is 13.8. The Balaban J connectivity index is 1.61. The number of piperidine rings is 1. The Kier molecular flexibility index (Phi) is 4.51. The zero-order chi connectivity index (χ0) is 13.8. The summed E-state index contributed by atoms with van der Waals surface area (Å²) in [6.45, 7) is 3.21. The highest BCUT2D eigenvalue weighted by molar-refractivity contribution is 7.09. The number of likely N-dealkylation sites (tertiary alicyclic amines) is 1. The summed E-state index contributed by atoms with van der Waals surface area (Å²) in [6.07, 6.45) is 2.33. The molecule has 0 radical (unpaired) electrons. The van der Waals surface area contributed by atoms with Crippen LogP contribution < -0.4 is 5.73 Å². The normalized spacial score (nSPS) is 23.9. The predicted octanol–water partition coefficient (Wildman–Crippen LogP) is 3.14. The number of benzene rings is 1. The van der Waals surface area contributed by atoms with Crippen molar-refractivity contribution < 1.29 is 0 Å². The number of nitrogens with zero attached hydrogens (tertiary/aromatic N) is 1. The van der Waals surface area contributed by atoms with E-state index in [1.54, 1.807) is 0 Å². The van der Waals surface area contributed by atoms with Crippen LogP contribution in [0.25, 0.3) is 0 Å². The second-order valence-electron chi connectivity index (χ2n) is 5.82. The Labute approximate surface area is 125 Å². The lowest BCUT2D eigenvalue weighted by Gasteiger charge is -2.36. The molecule has 1 aliphatic rings. The van der Waals surface area contributed by atoms with Crippen molar-refractivity contribution in [2.24, 2.45) is 11.7 Å². The number of hydrogen-bond donors (Lipinski definition) is 1. The van der Waals surface area contributed by atoms with Crippen molar-refractivity contribution in [1.29, 1.82) is 0 Å². The van der Waals surface area contributed by atoms with Crippen LogP contribution in [0.1, 0.15) is 16.9 Å². The van der Waals surface area contributed by atoms with E-state index in [4.69, 9.17) is 5.73 Å². The maximum atomic E-state index is 6.26. The Morgan fingerprint density at radius 3 is 2.70 bits per heavy atom. The summed E-state index contributed by atoms with van der Waals surface area (Å²) in [4.78, 5) is 4.01. The number of thiophene rings is 1. The average molecular weight is 286 g/mol. The van der Waals surface area contributed by atoms with Crippen molar-refractivity contribution in [3.8, 4) is 0 Å². The molecule has 1 aromatic carbocycles. The van der Waals surface area contributed by atoms with Gasteiger partial charge in [-0.15, -0.1) is 11.3 Å². The molecule has 2 unspecified atom stereocenters. The monoisotopic (exact) mass is 286 g/mol. The summed E-state index contributed by atoms with van der Waals surface area (Å²) >= 11 is 1.86. The third-order valence-corrected chi connectivity index (χ3v) is 4.86. The summed E-state index contributed by atoms with van der Waals surface area (Å²) in [6, 6.07) is 15.4. The molecule has 2 nitrogen and oxygen atoms in total. The van der Waals surface area contributed by atoms with Crippen molar-refractivity contribution in [2.75, 3.05) is 13.1 Å². The van der Waals surface area contributed by atoms with Gasteiger partial charge in [-0.25, -0.2) is 0 Å². The third-order valence-electron chi connectivity index (χ3n) is 3.96. The van der Waals surface area contributed by atoms with Gasteiger partial charge in [0, 0.05) is 30.6 Å². The van der Waals surface area contributed by atoms with E-state index in [0.717, 1.165) is 19.5 Å². The largest absolute Gasteiger partial charge is 0.327 e. The van der Waals surface area contributed by atoms with Crippen LogP contribution in [0.2, 0.25) is 0 Å². The number of hydrogen-bond acceptors (Lipinski definition) is 3. The van der Waals surface area contributed by atoms with Gasteiger partial charge in [-0.3, -0.25) is 4.90 Å². The smallest absolute Gasteiger partial charge is 0.0234 e. The van der Waals surface area contributed by atoms with Crippen molar-refractivity contribution in [2.45, 2.75) is 25.4 Å². The molecule has 2 atom stereocenters. The Bertz CT molecular complexity index is 509. The van der Waals surface area contributed by atoms with Gasteiger partial charge in [0.1, 0.15) is 0 Å². The topological polar surface area (TPSA) is 29.3 Å². The van der Waals surface area contributed by atoms with Gasteiger partial charge in [0.2, 0.25) is 0 Å². The molecule has 106 valence electrons. The summed E-state index contributed by atoms with van der Waals surface area (Å²) in [5, 5.41) is 2.17. The van der Waals surface area contributed by atoms with Gasteiger partial charge in [0.25, 0.3) is 0 Å². The quantitative estimate of drug-likeness (QED) is 0.935. The fourth-order valence-corrected chi connectivity index (χ4v) is 4.00. The minimum atomic E-state index is 0.317. The van der Waals surface area contributed by atoms with Gasteiger partial charge in [-0.1, -0.05) is 36.4 Å². The van der Waals surface area contributed by atoms with Crippen LogP contribution >= 0.6 is 11.3 Å². The SMILES string of the molecule is NC1CC(Cc2cccs2)CN(Cc2ccccc2)C1. The molecule has 0 amide bonds. The van der Waals surface area contributed by atoms with Crippen LogP contribution in [0.3, 0.4) is 0 Å². The van der Waals surface area contributed by atoms with Crippen LogP contribution in [0, 0.1) is 5.92 Å². The molecule has 1 aliphatic heterocycles. The molecule has 0 saturated carbocycles. The molecule has 2 heterocycles. The molecule has 0 bridgehead atoms. The lowest BCUT2D eigenvalue weighted by atomic mass is 9.91. The average Bonchev–Trinajstić information content (AvgIpc) is 2.92. The summed E-state index contributed by atoms with van der Waals surface area (Å²) in [5.74, 6) is 0.695. The van der Waals surface area contributed by atoms with E-state index in [2.05, 4.69) is 52.7 Å². The zero-order valence-corrected chi connectivity index (χ0v) is 12.6. The molecular weight excluding hydrogens is 264 g/mol. The number of rotatable bonds is 4. The van der Waals surface area contributed by atoms with Gasteiger partial charge >= 0.3 is 0 Å². The molecule has 2 N–H and O–H groups in total. The van der Waals surface area contributed by atoms with E-state index in [-0.39, 0.29) is 0 Å². The second kappa shape index (κ2) is 6.53. The zero-order valence-electron chi connectivity index (χ0n) is 11.7. The van der Waals surface area contributed by atoms with E-state index >= 15 is 0 Å². The lowest BCUT2D eigenvalue weighted by Crippen LogP contribution is -2.47. The molecule has 1 saturated heterocycles. The predicted molar refractivity (Wildman–Crippen MR) is 85.8 cm³/mol. The Morgan fingerprint density at radius 2 is 1.95 bits per heavy atom. The van der Waals surface area contributed by atoms with Gasteiger partial charge in [0.05, 0.1) is 0 Å². The van der Waals surface area contributed by atoms with Gasteiger partial charge in [-0.05, 0) is 35.8 Å². The van der Waals surface area contributed by atoms with E-state index in [0.29, 0.717) is 12.0 Å². The molecule has 0 spiro atoms.